The highest BCUT2D eigenvalue weighted by atomic mass is 15.0. The summed E-state index contributed by atoms with van der Waals surface area (Å²) in [5.41, 5.74) is 5.90. The average molecular weight is 99.1 g/mol. The van der Waals surface area contributed by atoms with Crippen molar-refractivity contribution in [1.82, 2.24) is 0 Å². The van der Waals surface area contributed by atoms with Crippen LogP contribution >= 0.6 is 0 Å². The fraction of sp³-hybridized carbons (Fsp3) is 0.750. The minimum Gasteiger partial charge on any atom is -0.311 e. The first-order chi connectivity index (χ1) is 3.12. The molecule has 7 heavy (non-hydrogen) atoms. The van der Waals surface area contributed by atoms with Gasteiger partial charge in [-0.2, -0.15) is 5.11 Å². The van der Waals surface area contributed by atoms with Crippen molar-refractivity contribution in [3.8, 4) is 0 Å². The summed E-state index contributed by atoms with van der Waals surface area (Å²) in [5, 5.41) is 9.81. The molecule has 0 unspecified atom stereocenters. The van der Waals surface area contributed by atoms with Gasteiger partial charge in [-0.3, -0.25) is 0 Å². The third kappa shape index (κ3) is 2.03. The van der Waals surface area contributed by atoms with E-state index in [-0.39, 0.29) is 0 Å². The lowest BCUT2D eigenvalue weighted by Crippen LogP contribution is -2.15. The van der Waals surface area contributed by atoms with Gasteiger partial charge >= 0.3 is 0 Å². The minimum absolute atomic E-state index is 0.583. The Morgan fingerprint density at radius 3 is 2.00 bits per heavy atom. The molecule has 0 aromatic heterocycles. The Kier molecular flexibility index (Phi) is 1.63. The summed E-state index contributed by atoms with van der Waals surface area (Å²) in [6.07, 6.45) is 1.14. The first-order valence-electron chi connectivity index (χ1n) is 2.02. The van der Waals surface area contributed by atoms with E-state index in [1.165, 1.54) is 0 Å². The molecule has 0 saturated heterocycles. The van der Waals surface area contributed by atoms with Crippen LogP contribution in [0, 0.1) is 10.9 Å². The van der Waals surface area contributed by atoms with E-state index >= 15 is 0 Å². The van der Waals surface area contributed by atoms with Crippen molar-refractivity contribution >= 4 is 6.21 Å². The van der Waals surface area contributed by atoms with Crippen molar-refractivity contribution in [2.45, 2.75) is 19.4 Å². The summed E-state index contributed by atoms with van der Waals surface area (Å²) in [4.78, 5) is 0. The maximum Gasteiger partial charge on any atom is 0.110 e. The van der Waals surface area contributed by atoms with E-state index in [0.717, 1.165) is 6.21 Å². The molecule has 0 heterocycles. The van der Waals surface area contributed by atoms with Crippen molar-refractivity contribution in [3.63, 3.8) is 0 Å². The van der Waals surface area contributed by atoms with E-state index in [1.807, 2.05) is 0 Å². The summed E-state index contributed by atoms with van der Waals surface area (Å²) in [6.45, 7) is 3.40. The van der Waals surface area contributed by atoms with Crippen molar-refractivity contribution < 1.29 is 0 Å². The molecule has 0 radical (unpaired) electrons. The summed E-state index contributed by atoms with van der Waals surface area (Å²) in [6, 6.07) is 0. The molecule has 0 aromatic rings. The van der Waals surface area contributed by atoms with Crippen molar-refractivity contribution in [2.75, 3.05) is 0 Å². The summed E-state index contributed by atoms with van der Waals surface area (Å²) < 4.78 is 0. The summed E-state index contributed by atoms with van der Waals surface area (Å²) >= 11 is 0. The second-order valence-corrected chi connectivity index (χ2v) is 1.91. The molecule has 0 aliphatic heterocycles. The van der Waals surface area contributed by atoms with Gasteiger partial charge in [0.1, 0.15) is 5.54 Å². The van der Waals surface area contributed by atoms with E-state index in [4.69, 9.17) is 10.9 Å². The highest BCUT2D eigenvalue weighted by Gasteiger charge is 2.09. The molecule has 0 rings (SSSR count). The Hall–Kier alpha value is -0.730. The van der Waals surface area contributed by atoms with E-state index in [0.29, 0.717) is 0 Å². The highest BCUT2D eigenvalue weighted by molar-refractivity contribution is 5.65. The molecule has 0 fully saturated rings. The maximum absolute atomic E-state index is 6.67. The lowest BCUT2D eigenvalue weighted by Gasteiger charge is -2.06. The summed E-state index contributed by atoms with van der Waals surface area (Å²) in [7, 11) is 0. The standard InChI is InChI=1S/C4H9N3/c1-4(2,3-5)7-6/h3,5-6H,1-2H3. The third-order valence-electron chi connectivity index (χ3n) is 0.641. The number of hydrogen-bond donors (Lipinski definition) is 2. The van der Waals surface area contributed by atoms with Gasteiger partial charge in [-0.05, 0) is 13.8 Å². The Morgan fingerprint density at radius 2 is 2.00 bits per heavy atom. The van der Waals surface area contributed by atoms with Gasteiger partial charge < -0.3 is 5.41 Å². The van der Waals surface area contributed by atoms with Crippen LogP contribution in [0.3, 0.4) is 0 Å². The van der Waals surface area contributed by atoms with Gasteiger partial charge in [-0.25, -0.2) is 5.53 Å². The zero-order chi connectivity index (χ0) is 5.91. The number of hydrogen-bond acceptors (Lipinski definition) is 3. The zero-order valence-electron chi connectivity index (χ0n) is 4.52. The molecule has 0 spiro atoms. The number of nitrogens with one attached hydrogen (secondary N) is 2. The Morgan fingerprint density at radius 1 is 1.57 bits per heavy atom. The molecule has 0 amide bonds. The van der Waals surface area contributed by atoms with Crippen LogP contribution in [-0.2, 0) is 0 Å². The minimum atomic E-state index is -0.583. The molecule has 3 heteroatoms. The first kappa shape index (κ1) is 6.27. The largest absolute Gasteiger partial charge is 0.311 e. The second kappa shape index (κ2) is 1.82. The monoisotopic (exact) mass is 99.1 g/mol. The summed E-state index contributed by atoms with van der Waals surface area (Å²) in [5.74, 6) is 0. The van der Waals surface area contributed by atoms with Gasteiger partial charge in [-0.15, -0.1) is 0 Å². The molecule has 0 aliphatic carbocycles. The van der Waals surface area contributed by atoms with Gasteiger partial charge in [-0.1, -0.05) is 0 Å². The second-order valence-electron chi connectivity index (χ2n) is 1.91. The molecule has 2 N–H and O–H groups in total. The van der Waals surface area contributed by atoms with E-state index in [2.05, 4.69) is 5.11 Å². The van der Waals surface area contributed by atoms with Crippen molar-refractivity contribution in [2.24, 2.45) is 5.11 Å². The van der Waals surface area contributed by atoms with E-state index in [1.54, 1.807) is 13.8 Å². The van der Waals surface area contributed by atoms with Crippen LogP contribution in [0.4, 0.5) is 0 Å². The molecule has 0 aliphatic rings. The first-order valence-corrected chi connectivity index (χ1v) is 2.02. The van der Waals surface area contributed by atoms with Crippen LogP contribution in [0.1, 0.15) is 13.8 Å². The van der Waals surface area contributed by atoms with Crippen LogP contribution in [-0.4, -0.2) is 11.8 Å². The third-order valence-corrected chi connectivity index (χ3v) is 0.641. The zero-order valence-corrected chi connectivity index (χ0v) is 4.52. The van der Waals surface area contributed by atoms with Crippen LogP contribution in [0.2, 0.25) is 0 Å². The lowest BCUT2D eigenvalue weighted by atomic mass is 10.1. The van der Waals surface area contributed by atoms with Gasteiger partial charge in [0.25, 0.3) is 0 Å². The molecule has 40 valence electrons. The predicted molar refractivity (Wildman–Crippen MR) is 28.0 cm³/mol. The van der Waals surface area contributed by atoms with Crippen LogP contribution in [0.25, 0.3) is 0 Å². The maximum atomic E-state index is 6.67. The average Bonchev–Trinajstić information content (AvgIpc) is 1.68. The molecular weight excluding hydrogens is 90.1 g/mol. The quantitative estimate of drug-likeness (QED) is 0.389. The van der Waals surface area contributed by atoms with Crippen LogP contribution < -0.4 is 0 Å². The Bertz CT molecular complexity index is 74.9. The fourth-order valence-corrected chi connectivity index (χ4v) is 0.0323. The van der Waals surface area contributed by atoms with Crippen molar-refractivity contribution in [1.29, 1.82) is 10.9 Å². The smallest absolute Gasteiger partial charge is 0.110 e. The predicted octanol–water partition coefficient (Wildman–Crippen LogP) is 1.45. The molecular formula is C4H9N3. The van der Waals surface area contributed by atoms with Crippen LogP contribution in [0.5, 0.6) is 0 Å². The lowest BCUT2D eigenvalue weighted by molar-refractivity contribution is 0.648. The van der Waals surface area contributed by atoms with Crippen molar-refractivity contribution in [3.05, 3.63) is 0 Å². The SMILES string of the molecule is CC(C)(C=N)N=N. The number of nitrogens with zero attached hydrogens (tertiary/aromatic N) is 1. The Balaban J connectivity index is 3.82. The van der Waals surface area contributed by atoms with Gasteiger partial charge in [0.05, 0.1) is 0 Å². The fourth-order valence-electron chi connectivity index (χ4n) is 0.0323. The molecule has 0 aromatic carbocycles. The van der Waals surface area contributed by atoms with Gasteiger partial charge in [0.2, 0.25) is 0 Å². The number of rotatable bonds is 2. The molecule has 0 bridgehead atoms. The molecule has 0 saturated carbocycles. The normalized spacial score (nSPS) is 10.6. The van der Waals surface area contributed by atoms with Gasteiger partial charge in [0.15, 0.2) is 0 Å². The Labute approximate surface area is 42.8 Å². The highest BCUT2D eigenvalue weighted by Crippen LogP contribution is 2.01. The van der Waals surface area contributed by atoms with E-state index in [9.17, 15) is 0 Å². The molecule has 3 nitrogen and oxygen atoms in total. The molecule has 0 atom stereocenters. The van der Waals surface area contributed by atoms with Crippen LogP contribution in [0.15, 0.2) is 5.11 Å². The topological polar surface area (TPSA) is 60.1 Å². The van der Waals surface area contributed by atoms with Gasteiger partial charge in [0, 0.05) is 6.21 Å². The van der Waals surface area contributed by atoms with E-state index < -0.39 is 5.54 Å².